The van der Waals surface area contributed by atoms with Crippen molar-refractivity contribution in [1.29, 1.82) is 0 Å². The van der Waals surface area contributed by atoms with Crippen LogP contribution < -0.4 is 14.8 Å². The lowest BCUT2D eigenvalue weighted by Gasteiger charge is -2.21. The van der Waals surface area contributed by atoms with E-state index in [9.17, 15) is 4.79 Å². The van der Waals surface area contributed by atoms with Crippen LogP contribution in [0.15, 0.2) is 30.6 Å². The van der Waals surface area contributed by atoms with Gasteiger partial charge in [-0.05, 0) is 30.5 Å². The summed E-state index contributed by atoms with van der Waals surface area (Å²) in [6.07, 6.45) is 3.25. The first-order valence-electron chi connectivity index (χ1n) is 9.19. The molecule has 1 aromatic heterocycles. The predicted molar refractivity (Wildman–Crippen MR) is 105 cm³/mol. The van der Waals surface area contributed by atoms with Crippen LogP contribution in [0, 0.1) is 0 Å². The quantitative estimate of drug-likeness (QED) is 0.689. The van der Waals surface area contributed by atoms with Gasteiger partial charge >= 0.3 is 0 Å². The molecule has 0 aliphatic heterocycles. The Morgan fingerprint density at radius 2 is 1.74 bits per heavy atom. The van der Waals surface area contributed by atoms with Crippen LogP contribution in [0.5, 0.6) is 11.5 Å². The van der Waals surface area contributed by atoms with Gasteiger partial charge in [0.15, 0.2) is 11.5 Å². The summed E-state index contributed by atoms with van der Waals surface area (Å²) >= 11 is 0. The van der Waals surface area contributed by atoms with E-state index in [-0.39, 0.29) is 5.91 Å². The van der Waals surface area contributed by atoms with Gasteiger partial charge in [-0.2, -0.15) is 0 Å². The molecule has 0 aliphatic carbocycles. The molecule has 1 N–H and O–H groups in total. The Morgan fingerprint density at radius 1 is 1.04 bits per heavy atom. The van der Waals surface area contributed by atoms with E-state index in [0.29, 0.717) is 29.6 Å². The zero-order valence-electron chi connectivity index (χ0n) is 16.5. The van der Waals surface area contributed by atoms with Crippen molar-refractivity contribution >= 4 is 11.7 Å². The number of rotatable bonds is 10. The summed E-state index contributed by atoms with van der Waals surface area (Å²) in [6, 6.07) is 7.41. The number of ether oxygens (including phenoxy) is 2. The first-order chi connectivity index (χ1) is 13.1. The summed E-state index contributed by atoms with van der Waals surface area (Å²) < 4.78 is 10.6. The van der Waals surface area contributed by atoms with Gasteiger partial charge in [-0.25, -0.2) is 9.97 Å². The molecule has 27 heavy (non-hydrogen) atoms. The molecule has 0 unspecified atom stereocenters. The first kappa shape index (κ1) is 20.5. The van der Waals surface area contributed by atoms with Crippen molar-refractivity contribution in [3.8, 4) is 11.5 Å². The lowest BCUT2D eigenvalue weighted by Crippen LogP contribution is -2.33. The standard InChI is InChI=1S/C20H28N4O3/c1-5-9-24(10-6-2)20(25)16-12-19(23-14-22-16)21-13-15-7-8-17(26-3)18(11-15)27-4/h7-8,11-12,14H,5-6,9-10,13H2,1-4H3,(H,21,22,23). The second-order valence-electron chi connectivity index (χ2n) is 6.12. The number of hydrogen-bond donors (Lipinski definition) is 1. The highest BCUT2D eigenvalue weighted by atomic mass is 16.5. The molecule has 0 spiro atoms. The Bertz CT molecular complexity index is 746. The van der Waals surface area contributed by atoms with Crippen molar-refractivity contribution in [3.05, 3.63) is 41.9 Å². The number of carbonyl (C=O) groups is 1. The lowest BCUT2D eigenvalue weighted by atomic mass is 10.2. The molecular formula is C20H28N4O3. The number of amides is 1. The average Bonchev–Trinajstić information content (AvgIpc) is 2.71. The maximum Gasteiger partial charge on any atom is 0.272 e. The number of anilines is 1. The second-order valence-corrected chi connectivity index (χ2v) is 6.12. The monoisotopic (exact) mass is 372 g/mol. The molecule has 7 nitrogen and oxygen atoms in total. The Morgan fingerprint density at radius 3 is 2.37 bits per heavy atom. The van der Waals surface area contributed by atoms with Crippen LogP contribution >= 0.6 is 0 Å². The molecule has 0 bridgehead atoms. The van der Waals surface area contributed by atoms with E-state index < -0.39 is 0 Å². The van der Waals surface area contributed by atoms with Crippen LogP contribution in [0.1, 0.15) is 42.7 Å². The molecule has 146 valence electrons. The average molecular weight is 372 g/mol. The van der Waals surface area contributed by atoms with Crippen LogP contribution in [0.3, 0.4) is 0 Å². The van der Waals surface area contributed by atoms with Gasteiger partial charge in [-0.15, -0.1) is 0 Å². The SMILES string of the molecule is CCCN(CCC)C(=O)c1cc(NCc2ccc(OC)c(OC)c2)ncn1. The molecule has 1 amide bonds. The van der Waals surface area contributed by atoms with E-state index in [1.165, 1.54) is 6.33 Å². The van der Waals surface area contributed by atoms with Gasteiger partial charge in [0.1, 0.15) is 17.8 Å². The minimum absolute atomic E-state index is 0.0599. The zero-order chi connectivity index (χ0) is 19.6. The van der Waals surface area contributed by atoms with Crippen LogP contribution in [-0.4, -0.2) is 48.1 Å². The fraction of sp³-hybridized carbons (Fsp3) is 0.450. The summed E-state index contributed by atoms with van der Waals surface area (Å²) in [5.41, 5.74) is 1.42. The third-order valence-corrected chi connectivity index (χ3v) is 4.08. The van der Waals surface area contributed by atoms with Gasteiger partial charge in [0.25, 0.3) is 5.91 Å². The Kier molecular flexibility index (Phi) is 7.85. The second kappa shape index (κ2) is 10.4. The Hall–Kier alpha value is -2.83. The molecule has 0 aliphatic rings. The highest BCUT2D eigenvalue weighted by Crippen LogP contribution is 2.27. The van der Waals surface area contributed by atoms with Gasteiger partial charge < -0.3 is 19.7 Å². The van der Waals surface area contributed by atoms with Crippen molar-refractivity contribution < 1.29 is 14.3 Å². The van der Waals surface area contributed by atoms with Crippen molar-refractivity contribution in [2.75, 3.05) is 32.6 Å². The van der Waals surface area contributed by atoms with Crippen molar-refractivity contribution in [1.82, 2.24) is 14.9 Å². The molecule has 0 atom stereocenters. The maximum atomic E-state index is 12.7. The molecule has 1 aromatic carbocycles. The molecular weight excluding hydrogens is 344 g/mol. The van der Waals surface area contributed by atoms with Crippen LogP contribution in [0.2, 0.25) is 0 Å². The largest absolute Gasteiger partial charge is 0.493 e. The molecule has 1 heterocycles. The molecule has 2 aromatic rings. The number of carbonyl (C=O) groups excluding carboxylic acids is 1. The predicted octanol–water partition coefficient (Wildman–Crippen LogP) is 3.37. The van der Waals surface area contributed by atoms with E-state index in [1.54, 1.807) is 20.3 Å². The van der Waals surface area contributed by atoms with Crippen molar-refractivity contribution in [3.63, 3.8) is 0 Å². The van der Waals surface area contributed by atoms with E-state index in [2.05, 4.69) is 29.1 Å². The van der Waals surface area contributed by atoms with E-state index in [1.807, 2.05) is 23.1 Å². The fourth-order valence-electron chi connectivity index (χ4n) is 2.77. The smallest absolute Gasteiger partial charge is 0.272 e. The van der Waals surface area contributed by atoms with Crippen LogP contribution in [-0.2, 0) is 6.54 Å². The van der Waals surface area contributed by atoms with Crippen molar-refractivity contribution in [2.24, 2.45) is 0 Å². The fourth-order valence-corrected chi connectivity index (χ4v) is 2.77. The van der Waals surface area contributed by atoms with E-state index in [0.717, 1.165) is 31.5 Å². The van der Waals surface area contributed by atoms with Crippen molar-refractivity contribution in [2.45, 2.75) is 33.2 Å². The highest BCUT2D eigenvalue weighted by molar-refractivity contribution is 5.92. The molecule has 7 heteroatoms. The molecule has 0 saturated carbocycles. The number of nitrogens with one attached hydrogen (secondary N) is 1. The van der Waals surface area contributed by atoms with Gasteiger partial charge in [-0.1, -0.05) is 19.9 Å². The van der Waals surface area contributed by atoms with Gasteiger partial charge in [0, 0.05) is 25.7 Å². The van der Waals surface area contributed by atoms with Gasteiger partial charge in [0.2, 0.25) is 0 Å². The van der Waals surface area contributed by atoms with Gasteiger partial charge in [-0.3, -0.25) is 4.79 Å². The summed E-state index contributed by atoms with van der Waals surface area (Å²) in [4.78, 5) is 22.9. The highest BCUT2D eigenvalue weighted by Gasteiger charge is 2.16. The normalized spacial score (nSPS) is 10.4. The minimum Gasteiger partial charge on any atom is -0.493 e. The third kappa shape index (κ3) is 5.57. The molecule has 0 fully saturated rings. The minimum atomic E-state index is -0.0599. The zero-order valence-corrected chi connectivity index (χ0v) is 16.5. The third-order valence-electron chi connectivity index (χ3n) is 4.08. The maximum absolute atomic E-state index is 12.7. The Labute approximate surface area is 160 Å². The van der Waals surface area contributed by atoms with Crippen LogP contribution in [0.25, 0.3) is 0 Å². The molecule has 0 saturated heterocycles. The van der Waals surface area contributed by atoms with Gasteiger partial charge in [0.05, 0.1) is 14.2 Å². The topological polar surface area (TPSA) is 76.6 Å². The lowest BCUT2D eigenvalue weighted by molar-refractivity contribution is 0.0749. The van der Waals surface area contributed by atoms with E-state index >= 15 is 0 Å². The summed E-state index contributed by atoms with van der Waals surface area (Å²) in [5, 5.41) is 3.23. The summed E-state index contributed by atoms with van der Waals surface area (Å²) in [7, 11) is 3.21. The number of hydrogen-bond acceptors (Lipinski definition) is 6. The van der Waals surface area contributed by atoms with Crippen LogP contribution in [0.4, 0.5) is 5.82 Å². The number of nitrogens with zero attached hydrogens (tertiary/aromatic N) is 3. The first-order valence-corrected chi connectivity index (χ1v) is 9.19. The number of aromatic nitrogens is 2. The summed E-state index contributed by atoms with van der Waals surface area (Å²) in [6.45, 7) is 6.12. The summed E-state index contributed by atoms with van der Waals surface area (Å²) in [5.74, 6) is 1.90. The Balaban J connectivity index is 2.08. The molecule has 2 rings (SSSR count). The molecule has 0 radical (unpaired) electrons. The van der Waals surface area contributed by atoms with E-state index in [4.69, 9.17) is 9.47 Å². The number of methoxy groups -OCH3 is 2. The number of benzene rings is 1.